The molecule has 0 unspecified atom stereocenters. The third-order valence-electron chi connectivity index (χ3n) is 6.15. The number of methoxy groups -OCH3 is 1. The van der Waals surface area contributed by atoms with Crippen molar-refractivity contribution in [2.24, 2.45) is 0 Å². The van der Waals surface area contributed by atoms with Crippen molar-refractivity contribution in [3.8, 4) is 16.9 Å². The first-order valence-corrected chi connectivity index (χ1v) is 11.2. The number of ether oxygens (including phenoxy) is 1. The minimum Gasteiger partial charge on any atom is -0.496 e. The second-order valence-corrected chi connectivity index (χ2v) is 8.54. The van der Waals surface area contributed by atoms with E-state index in [1.165, 1.54) is 25.3 Å². The number of aromatic carboxylic acids is 1. The van der Waals surface area contributed by atoms with Gasteiger partial charge in [0.1, 0.15) is 17.3 Å². The Kier molecular flexibility index (Phi) is 5.78. The Morgan fingerprint density at radius 1 is 0.971 bits per heavy atom. The highest BCUT2D eigenvalue weighted by Gasteiger charge is 2.29. The molecule has 35 heavy (non-hydrogen) atoms. The summed E-state index contributed by atoms with van der Waals surface area (Å²) in [5.74, 6) is -1.60. The van der Waals surface area contributed by atoms with Crippen molar-refractivity contribution >= 4 is 29.2 Å². The number of amides is 1. The van der Waals surface area contributed by atoms with Gasteiger partial charge < -0.3 is 19.3 Å². The maximum atomic E-state index is 14.4. The topological polar surface area (TPSA) is 71.8 Å². The Morgan fingerprint density at radius 2 is 1.71 bits per heavy atom. The number of carboxylic acids is 1. The molecule has 2 heterocycles. The summed E-state index contributed by atoms with van der Waals surface area (Å²) in [6, 6.07) is 19.9. The largest absolute Gasteiger partial charge is 0.496 e. The number of rotatable bonds is 4. The summed E-state index contributed by atoms with van der Waals surface area (Å²) in [6.07, 6.45) is 0. The van der Waals surface area contributed by atoms with Crippen LogP contribution >= 0.6 is 11.6 Å². The SMILES string of the molecule is COc1cc(-c2ccccc2F)c(Cl)cc1C(=O)N1Cc2ccc(C(=O)O)n2Cc2ccccc21. The smallest absolute Gasteiger partial charge is 0.352 e. The number of nitrogens with zero attached hydrogens (tertiary/aromatic N) is 2. The lowest BCUT2D eigenvalue weighted by Gasteiger charge is -2.24. The Balaban J connectivity index is 1.62. The number of aromatic nitrogens is 1. The monoisotopic (exact) mass is 490 g/mol. The van der Waals surface area contributed by atoms with Crippen LogP contribution in [-0.2, 0) is 13.1 Å². The first kappa shape index (κ1) is 22.7. The minimum absolute atomic E-state index is 0.152. The third-order valence-corrected chi connectivity index (χ3v) is 6.46. The summed E-state index contributed by atoms with van der Waals surface area (Å²) in [6.45, 7) is 0.465. The molecule has 3 aromatic carbocycles. The maximum Gasteiger partial charge on any atom is 0.352 e. The lowest BCUT2D eigenvalue weighted by molar-refractivity contribution is 0.0685. The average molecular weight is 491 g/mol. The highest BCUT2D eigenvalue weighted by atomic mass is 35.5. The van der Waals surface area contributed by atoms with Crippen molar-refractivity contribution in [1.82, 2.24) is 4.57 Å². The molecule has 0 aliphatic carbocycles. The number of hydrogen-bond donors (Lipinski definition) is 1. The van der Waals surface area contributed by atoms with Gasteiger partial charge in [-0.1, -0.05) is 48.0 Å². The number of hydrogen-bond acceptors (Lipinski definition) is 3. The highest BCUT2D eigenvalue weighted by Crippen LogP contribution is 2.38. The number of para-hydroxylation sites is 1. The average Bonchev–Trinajstić information content (AvgIpc) is 3.17. The van der Waals surface area contributed by atoms with E-state index >= 15 is 0 Å². The first-order valence-electron chi connectivity index (χ1n) is 10.8. The molecule has 5 rings (SSSR count). The fourth-order valence-corrected chi connectivity index (χ4v) is 4.71. The van der Waals surface area contributed by atoms with Crippen molar-refractivity contribution in [1.29, 1.82) is 0 Å². The van der Waals surface area contributed by atoms with E-state index in [1.807, 2.05) is 24.3 Å². The van der Waals surface area contributed by atoms with Crippen LogP contribution in [0.15, 0.2) is 72.8 Å². The van der Waals surface area contributed by atoms with Gasteiger partial charge in [0.15, 0.2) is 0 Å². The van der Waals surface area contributed by atoms with Crippen LogP contribution < -0.4 is 9.64 Å². The molecule has 0 saturated carbocycles. The van der Waals surface area contributed by atoms with Gasteiger partial charge in [-0.2, -0.15) is 0 Å². The summed E-state index contributed by atoms with van der Waals surface area (Å²) in [4.78, 5) is 27.2. The molecule has 8 heteroatoms. The van der Waals surface area contributed by atoms with Crippen LogP contribution in [0.3, 0.4) is 0 Å². The molecule has 1 aliphatic heterocycles. The van der Waals surface area contributed by atoms with E-state index in [9.17, 15) is 19.1 Å². The van der Waals surface area contributed by atoms with E-state index in [0.29, 0.717) is 29.1 Å². The van der Waals surface area contributed by atoms with Gasteiger partial charge in [0.25, 0.3) is 5.91 Å². The standard InChI is InChI=1S/C27H20ClFN2O4/c1-35-25-13-19(18-7-3-4-8-22(18)29)21(28)12-20(25)26(32)31-15-17-10-11-24(27(33)34)30(17)14-16-6-2-5-9-23(16)31/h2-13H,14-15H2,1H3,(H,33,34). The fourth-order valence-electron chi connectivity index (χ4n) is 4.45. The fraction of sp³-hybridized carbons (Fsp3) is 0.111. The number of carbonyl (C=O) groups is 2. The van der Waals surface area contributed by atoms with Crippen LogP contribution in [-0.4, -0.2) is 28.7 Å². The Bertz CT molecular complexity index is 1480. The molecule has 1 aromatic heterocycles. The summed E-state index contributed by atoms with van der Waals surface area (Å²) < 4.78 is 21.7. The van der Waals surface area contributed by atoms with E-state index in [1.54, 1.807) is 39.8 Å². The van der Waals surface area contributed by atoms with Crippen LogP contribution in [0.25, 0.3) is 11.1 Å². The minimum atomic E-state index is -1.04. The highest BCUT2D eigenvalue weighted by molar-refractivity contribution is 6.34. The normalized spacial score (nSPS) is 12.5. The molecule has 6 nitrogen and oxygen atoms in total. The van der Waals surface area contributed by atoms with E-state index in [4.69, 9.17) is 16.3 Å². The molecule has 0 bridgehead atoms. The molecule has 0 spiro atoms. The lowest BCUT2D eigenvalue weighted by Crippen LogP contribution is -2.31. The van der Waals surface area contributed by atoms with Crippen molar-refractivity contribution in [3.63, 3.8) is 0 Å². The van der Waals surface area contributed by atoms with Crippen molar-refractivity contribution < 1.29 is 23.8 Å². The summed E-state index contributed by atoms with van der Waals surface area (Å²) in [5, 5.41) is 9.81. The lowest BCUT2D eigenvalue weighted by atomic mass is 10.0. The van der Waals surface area contributed by atoms with Crippen molar-refractivity contribution in [3.05, 3.63) is 106 Å². The second kappa shape index (κ2) is 8.92. The van der Waals surface area contributed by atoms with Crippen molar-refractivity contribution in [2.45, 2.75) is 13.1 Å². The molecule has 4 aromatic rings. The molecule has 1 N–H and O–H groups in total. The molecule has 176 valence electrons. The summed E-state index contributed by atoms with van der Waals surface area (Å²) in [5.41, 5.74) is 3.22. The predicted octanol–water partition coefficient (Wildman–Crippen LogP) is 5.86. The number of carboxylic acid groups (broad SMARTS) is 1. The van der Waals surface area contributed by atoms with Crippen LogP contribution in [0.2, 0.25) is 5.02 Å². The van der Waals surface area contributed by atoms with Gasteiger partial charge in [-0.15, -0.1) is 0 Å². The number of fused-ring (bicyclic) bond motifs is 2. The molecule has 1 aliphatic rings. The zero-order valence-corrected chi connectivity index (χ0v) is 19.4. The Morgan fingerprint density at radius 3 is 2.46 bits per heavy atom. The van der Waals surface area contributed by atoms with E-state index < -0.39 is 11.8 Å². The number of benzene rings is 3. The van der Waals surface area contributed by atoms with E-state index in [0.717, 1.165) is 5.56 Å². The van der Waals surface area contributed by atoms with Gasteiger partial charge in [-0.3, -0.25) is 4.79 Å². The quantitative estimate of drug-likeness (QED) is 0.389. The van der Waals surface area contributed by atoms with Crippen LogP contribution in [0.1, 0.15) is 32.1 Å². The van der Waals surface area contributed by atoms with Gasteiger partial charge in [0.05, 0.1) is 25.8 Å². The van der Waals surface area contributed by atoms with E-state index in [2.05, 4.69) is 0 Å². The summed E-state index contributed by atoms with van der Waals surface area (Å²) in [7, 11) is 1.44. The van der Waals surface area contributed by atoms with Gasteiger partial charge in [-0.25, -0.2) is 9.18 Å². The molecular weight excluding hydrogens is 471 g/mol. The molecular formula is C27H20ClFN2O4. The zero-order valence-electron chi connectivity index (χ0n) is 18.7. The molecule has 0 fully saturated rings. The number of carbonyl (C=O) groups excluding carboxylic acids is 1. The molecule has 0 atom stereocenters. The molecule has 1 amide bonds. The van der Waals surface area contributed by atoms with Crippen LogP contribution in [0.4, 0.5) is 10.1 Å². The number of halogens is 2. The van der Waals surface area contributed by atoms with Gasteiger partial charge >= 0.3 is 5.97 Å². The zero-order chi connectivity index (χ0) is 24.7. The van der Waals surface area contributed by atoms with Crippen LogP contribution in [0, 0.1) is 5.82 Å². The van der Waals surface area contributed by atoms with E-state index in [-0.39, 0.29) is 34.5 Å². The van der Waals surface area contributed by atoms with Gasteiger partial charge in [0.2, 0.25) is 0 Å². The second-order valence-electron chi connectivity index (χ2n) is 8.13. The van der Waals surface area contributed by atoms with Crippen molar-refractivity contribution in [2.75, 3.05) is 12.0 Å². The predicted molar refractivity (Wildman–Crippen MR) is 131 cm³/mol. The number of anilines is 1. The summed E-state index contributed by atoms with van der Waals surface area (Å²) >= 11 is 6.54. The van der Waals surface area contributed by atoms with Gasteiger partial charge in [0, 0.05) is 27.5 Å². The first-order chi connectivity index (χ1) is 16.9. The molecule has 0 saturated heterocycles. The third kappa shape index (κ3) is 3.94. The molecule has 0 radical (unpaired) electrons. The maximum absolute atomic E-state index is 14.4. The van der Waals surface area contributed by atoms with Crippen LogP contribution in [0.5, 0.6) is 5.75 Å². The Hall–Kier alpha value is -4.10. The Labute approximate surface area is 205 Å². The van der Waals surface area contributed by atoms with Gasteiger partial charge in [-0.05, 0) is 42.0 Å².